The highest BCUT2D eigenvalue weighted by Crippen LogP contribution is 2.29. The smallest absolute Gasteiger partial charge is 0.353 e. The first-order chi connectivity index (χ1) is 15.1. The second kappa shape index (κ2) is 9.41. The number of carbonyl (C=O) groups is 1. The van der Waals surface area contributed by atoms with Crippen molar-refractivity contribution in [1.82, 2.24) is 9.36 Å². The molecule has 0 amide bonds. The van der Waals surface area contributed by atoms with Crippen molar-refractivity contribution in [2.75, 3.05) is 11.6 Å². The molecule has 1 aromatic heterocycles. The number of hydrogen-bond donors (Lipinski definition) is 3. The van der Waals surface area contributed by atoms with Crippen LogP contribution in [-0.4, -0.2) is 40.8 Å². The van der Waals surface area contributed by atoms with Gasteiger partial charge in [-0.3, -0.25) is 5.41 Å². The van der Waals surface area contributed by atoms with E-state index >= 15 is 0 Å². The Morgan fingerprint density at radius 2 is 1.91 bits per heavy atom. The molecule has 0 radical (unpaired) electrons. The van der Waals surface area contributed by atoms with Gasteiger partial charge in [-0.15, -0.1) is 0 Å². The van der Waals surface area contributed by atoms with Gasteiger partial charge in [0.1, 0.15) is 10.7 Å². The van der Waals surface area contributed by atoms with Gasteiger partial charge in [-0.1, -0.05) is 44.2 Å². The van der Waals surface area contributed by atoms with Gasteiger partial charge in [0.2, 0.25) is 0 Å². The molecule has 0 saturated carbocycles. The van der Waals surface area contributed by atoms with Crippen molar-refractivity contribution in [2.45, 2.75) is 24.7 Å². The number of hydrogen-bond acceptors (Lipinski definition) is 8. The maximum Gasteiger partial charge on any atom is 0.353 e. The highest BCUT2D eigenvalue weighted by Gasteiger charge is 2.17. The molecule has 2 aromatic carbocycles. The fraction of sp³-hybridized carbons (Fsp3) is 0.182. The average molecular weight is 471 g/mol. The Bertz CT molecular complexity index is 1310. The van der Waals surface area contributed by atoms with E-state index in [4.69, 9.17) is 5.41 Å². The lowest BCUT2D eigenvalue weighted by atomic mass is 10.0. The molecule has 8 nitrogen and oxygen atoms in total. The third-order valence-electron chi connectivity index (χ3n) is 4.55. The first-order valence-corrected chi connectivity index (χ1v) is 12.3. The molecule has 0 bridgehead atoms. The van der Waals surface area contributed by atoms with E-state index in [0.29, 0.717) is 10.6 Å². The molecule has 10 heteroatoms. The van der Waals surface area contributed by atoms with Gasteiger partial charge in [0.25, 0.3) is 0 Å². The molecule has 0 aliphatic carbocycles. The predicted octanol–water partition coefficient (Wildman–Crippen LogP) is 4.29. The minimum Gasteiger partial charge on any atom is -0.477 e. The zero-order valence-electron chi connectivity index (χ0n) is 17.7. The van der Waals surface area contributed by atoms with Crippen LogP contribution in [0.4, 0.5) is 5.69 Å². The van der Waals surface area contributed by atoms with Crippen LogP contribution in [0.1, 0.15) is 31.2 Å². The van der Waals surface area contributed by atoms with E-state index in [1.54, 1.807) is 12.1 Å². The summed E-state index contributed by atoms with van der Waals surface area (Å²) < 4.78 is 28.1. The second-order valence-electron chi connectivity index (χ2n) is 7.37. The van der Waals surface area contributed by atoms with Gasteiger partial charge in [0.05, 0.1) is 10.6 Å². The third-order valence-corrected chi connectivity index (χ3v) is 6.42. The summed E-state index contributed by atoms with van der Waals surface area (Å²) in [7, 11) is -3.38. The largest absolute Gasteiger partial charge is 0.477 e. The van der Waals surface area contributed by atoms with Crippen LogP contribution in [-0.2, 0) is 14.6 Å². The molecule has 3 N–H and O–H groups in total. The second-order valence-corrected chi connectivity index (χ2v) is 10.1. The summed E-state index contributed by atoms with van der Waals surface area (Å²) in [5.74, 6) is -0.964. The van der Waals surface area contributed by atoms with Crippen LogP contribution in [0.15, 0.2) is 59.5 Å². The lowest BCUT2D eigenvalue weighted by Crippen LogP contribution is -2.12. The summed E-state index contributed by atoms with van der Waals surface area (Å²) >= 11 is 1.05. The zero-order chi connectivity index (χ0) is 23.5. The van der Waals surface area contributed by atoms with Crippen LogP contribution in [0.3, 0.4) is 0 Å². The third kappa shape index (κ3) is 5.45. The fourth-order valence-electron chi connectivity index (χ4n) is 2.93. The summed E-state index contributed by atoms with van der Waals surface area (Å²) in [5, 5.41) is 20.6. The number of nitrogens with zero attached hydrogens (tertiary/aromatic N) is 2. The number of nitrogens with one attached hydrogen (secondary N) is 2. The highest BCUT2D eigenvalue weighted by atomic mass is 32.2. The van der Waals surface area contributed by atoms with E-state index in [1.807, 2.05) is 38.1 Å². The topological polar surface area (TPSA) is 133 Å². The Balaban J connectivity index is 2.04. The Hall–Kier alpha value is -3.37. The van der Waals surface area contributed by atoms with E-state index in [-0.39, 0.29) is 22.3 Å². The number of carboxylic acids is 1. The number of sulfone groups is 1. The first-order valence-electron chi connectivity index (χ1n) is 9.60. The molecule has 3 rings (SSSR count). The molecule has 0 aliphatic heterocycles. The molecule has 3 aromatic rings. The maximum absolute atomic E-state index is 11.9. The normalized spacial score (nSPS) is 12.1. The molecule has 0 spiro atoms. The number of aromatic nitrogens is 2. The summed E-state index contributed by atoms with van der Waals surface area (Å²) in [5.41, 5.74) is 1.98. The van der Waals surface area contributed by atoms with Gasteiger partial charge in [0, 0.05) is 17.5 Å². The first kappa shape index (κ1) is 23.3. The van der Waals surface area contributed by atoms with Crippen LogP contribution in [0.5, 0.6) is 0 Å². The zero-order valence-corrected chi connectivity index (χ0v) is 19.3. The molecule has 0 fully saturated rings. The Kier molecular flexibility index (Phi) is 6.85. The van der Waals surface area contributed by atoms with Gasteiger partial charge in [-0.2, -0.15) is 4.37 Å². The summed E-state index contributed by atoms with van der Waals surface area (Å²) in [4.78, 5) is 15.9. The van der Waals surface area contributed by atoms with E-state index < -0.39 is 21.5 Å². The highest BCUT2D eigenvalue weighted by molar-refractivity contribution is 7.90. The Morgan fingerprint density at radius 1 is 1.19 bits per heavy atom. The van der Waals surface area contributed by atoms with Gasteiger partial charge in [-0.25, -0.2) is 18.2 Å². The van der Waals surface area contributed by atoms with E-state index in [1.165, 1.54) is 12.1 Å². The van der Waals surface area contributed by atoms with Crippen molar-refractivity contribution in [3.63, 3.8) is 0 Å². The van der Waals surface area contributed by atoms with Gasteiger partial charge in [-0.05, 0) is 47.3 Å². The SMILES string of the molecule is CC(C)c1ccccc1N/C(=C\C(=N)C(=O)O)c1nsc(-c2cccc(S(C)(=O)=O)c2)n1. The Labute approximate surface area is 190 Å². The number of aliphatic carboxylic acids is 1. The van der Waals surface area contributed by atoms with Crippen LogP contribution in [0.2, 0.25) is 0 Å². The van der Waals surface area contributed by atoms with Crippen LogP contribution in [0, 0.1) is 5.41 Å². The summed E-state index contributed by atoms with van der Waals surface area (Å²) in [6.07, 6.45) is 2.30. The van der Waals surface area contributed by atoms with E-state index in [0.717, 1.165) is 35.1 Å². The molecule has 0 aliphatic rings. The molecular formula is C22H22N4O4S2. The van der Waals surface area contributed by atoms with Gasteiger partial charge >= 0.3 is 5.97 Å². The molecular weight excluding hydrogens is 448 g/mol. The molecule has 0 atom stereocenters. The van der Waals surface area contributed by atoms with Crippen molar-refractivity contribution >= 4 is 44.4 Å². The maximum atomic E-state index is 11.9. The van der Waals surface area contributed by atoms with Crippen molar-refractivity contribution in [2.24, 2.45) is 0 Å². The van der Waals surface area contributed by atoms with Crippen LogP contribution >= 0.6 is 11.5 Å². The van der Waals surface area contributed by atoms with Gasteiger partial charge in [0.15, 0.2) is 15.7 Å². The summed E-state index contributed by atoms with van der Waals surface area (Å²) in [6.45, 7) is 4.08. The van der Waals surface area contributed by atoms with E-state index in [9.17, 15) is 18.3 Å². The van der Waals surface area contributed by atoms with Crippen molar-refractivity contribution in [3.05, 3.63) is 66.0 Å². The Morgan fingerprint density at radius 3 is 2.56 bits per heavy atom. The van der Waals surface area contributed by atoms with Crippen LogP contribution in [0.25, 0.3) is 16.3 Å². The predicted molar refractivity (Wildman–Crippen MR) is 126 cm³/mol. The lowest BCUT2D eigenvalue weighted by Gasteiger charge is -2.15. The number of benzene rings is 2. The average Bonchev–Trinajstić information content (AvgIpc) is 3.23. The minimum absolute atomic E-state index is 0.166. The fourth-order valence-corrected chi connectivity index (χ4v) is 4.27. The minimum atomic E-state index is -3.38. The number of carboxylic acid groups (broad SMARTS) is 1. The molecule has 32 heavy (non-hydrogen) atoms. The molecule has 0 saturated heterocycles. The molecule has 1 heterocycles. The van der Waals surface area contributed by atoms with Crippen molar-refractivity contribution in [3.8, 4) is 10.6 Å². The molecule has 166 valence electrons. The van der Waals surface area contributed by atoms with Crippen molar-refractivity contribution in [1.29, 1.82) is 5.41 Å². The monoisotopic (exact) mass is 470 g/mol. The van der Waals surface area contributed by atoms with Gasteiger partial charge < -0.3 is 10.4 Å². The quantitative estimate of drug-likeness (QED) is 0.418. The van der Waals surface area contributed by atoms with E-state index in [2.05, 4.69) is 14.7 Å². The standard InChI is InChI=1S/C22H22N4O4S2/c1-13(2)16-9-4-5-10-18(16)24-19(12-17(23)22(27)28)20-25-21(31-26-20)14-7-6-8-15(11-14)32(3,29)30/h4-13,23-24H,1-3H3,(H,27,28)/b19-12-,23-17?. The summed E-state index contributed by atoms with van der Waals surface area (Å²) in [6, 6.07) is 14.0. The van der Waals surface area contributed by atoms with Crippen LogP contribution < -0.4 is 5.32 Å². The number of anilines is 1. The molecule has 0 unspecified atom stereocenters. The lowest BCUT2D eigenvalue weighted by molar-refractivity contribution is -0.129. The number of rotatable bonds is 8. The van der Waals surface area contributed by atoms with Crippen molar-refractivity contribution < 1.29 is 18.3 Å². The number of para-hydroxylation sites is 1.